The predicted octanol–water partition coefficient (Wildman–Crippen LogP) is 8.29. The van der Waals surface area contributed by atoms with Crippen molar-refractivity contribution in [2.24, 2.45) is 5.92 Å². The molecule has 0 aromatic heterocycles. The van der Waals surface area contributed by atoms with Gasteiger partial charge in [-0.1, -0.05) is 57.4 Å². The highest BCUT2D eigenvalue weighted by Gasteiger charge is 2.24. The number of carbonyl (C=O) groups excluding carboxylic acids is 2. The second-order valence-corrected chi connectivity index (χ2v) is 10.3. The van der Waals surface area contributed by atoms with E-state index in [0.29, 0.717) is 17.4 Å². The SMILES string of the molecule is CCCCC(CC)C(c1ccc(OC(=O)c2ccc([N+](=O)[O-])cc2)cc1)c1ccc(OC(=O)c2ccc([N+](=O)[O-])cc2)cc1. The fraction of sp³-hybridized carbons (Fsp3) is 0.235. The van der Waals surface area contributed by atoms with Crippen molar-refractivity contribution in [2.45, 2.75) is 45.4 Å². The third-order valence-electron chi connectivity index (χ3n) is 7.45. The molecule has 1 unspecified atom stereocenters. The summed E-state index contributed by atoms with van der Waals surface area (Å²) in [5.74, 6) is -0.158. The summed E-state index contributed by atoms with van der Waals surface area (Å²) in [6.07, 6.45) is 4.10. The number of benzene rings is 4. The summed E-state index contributed by atoms with van der Waals surface area (Å²) in [6.45, 7) is 4.32. The van der Waals surface area contributed by atoms with Crippen molar-refractivity contribution >= 4 is 23.3 Å². The van der Waals surface area contributed by atoms with Gasteiger partial charge in [0.25, 0.3) is 11.4 Å². The van der Waals surface area contributed by atoms with Gasteiger partial charge < -0.3 is 9.47 Å². The molecule has 226 valence electrons. The van der Waals surface area contributed by atoms with Gasteiger partial charge in [0.1, 0.15) is 11.5 Å². The average Bonchev–Trinajstić information content (AvgIpc) is 3.04. The first-order valence-corrected chi connectivity index (χ1v) is 14.3. The van der Waals surface area contributed by atoms with Gasteiger partial charge in [-0.15, -0.1) is 0 Å². The number of rotatable bonds is 13. The quantitative estimate of drug-likeness (QED) is 0.0650. The number of nitro benzene ring substituents is 2. The van der Waals surface area contributed by atoms with Gasteiger partial charge in [0, 0.05) is 30.2 Å². The minimum atomic E-state index is -0.613. The third-order valence-corrected chi connectivity index (χ3v) is 7.45. The fourth-order valence-corrected chi connectivity index (χ4v) is 5.07. The first-order valence-electron chi connectivity index (χ1n) is 14.3. The van der Waals surface area contributed by atoms with Gasteiger partial charge in [-0.3, -0.25) is 20.2 Å². The van der Waals surface area contributed by atoms with Gasteiger partial charge in [-0.25, -0.2) is 9.59 Å². The average molecular weight is 597 g/mol. The molecule has 0 aliphatic rings. The van der Waals surface area contributed by atoms with Crippen molar-refractivity contribution in [3.05, 3.63) is 140 Å². The molecule has 0 radical (unpaired) electrons. The van der Waals surface area contributed by atoms with E-state index < -0.39 is 21.8 Å². The number of carbonyl (C=O) groups is 2. The highest BCUT2D eigenvalue weighted by molar-refractivity contribution is 5.91. The molecule has 0 saturated heterocycles. The number of hydrogen-bond donors (Lipinski definition) is 0. The summed E-state index contributed by atoms with van der Waals surface area (Å²) < 4.78 is 11.0. The largest absolute Gasteiger partial charge is 0.423 e. The van der Waals surface area contributed by atoms with Crippen molar-refractivity contribution in [3.63, 3.8) is 0 Å². The minimum Gasteiger partial charge on any atom is -0.423 e. The van der Waals surface area contributed by atoms with Crippen LogP contribution in [0.2, 0.25) is 0 Å². The van der Waals surface area contributed by atoms with Crippen LogP contribution in [0, 0.1) is 26.1 Å². The number of ether oxygens (including phenoxy) is 2. The summed E-state index contributed by atoms with van der Waals surface area (Å²) in [5, 5.41) is 21.8. The number of esters is 2. The maximum absolute atomic E-state index is 12.6. The molecule has 10 heteroatoms. The van der Waals surface area contributed by atoms with Crippen LogP contribution in [0.1, 0.15) is 77.3 Å². The Morgan fingerprint density at radius 1 is 0.636 bits per heavy atom. The Bertz CT molecular complexity index is 1480. The molecule has 0 fully saturated rings. The molecule has 44 heavy (non-hydrogen) atoms. The zero-order valence-corrected chi connectivity index (χ0v) is 24.4. The van der Waals surface area contributed by atoms with Gasteiger partial charge >= 0.3 is 11.9 Å². The van der Waals surface area contributed by atoms with Crippen molar-refractivity contribution in [2.75, 3.05) is 0 Å². The van der Waals surface area contributed by atoms with E-state index in [2.05, 4.69) is 13.8 Å². The Labute approximate surface area is 254 Å². The highest BCUT2D eigenvalue weighted by Crippen LogP contribution is 2.38. The Balaban J connectivity index is 1.51. The van der Waals surface area contributed by atoms with Crippen molar-refractivity contribution in [1.82, 2.24) is 0 Å². The summed E-state index contributed by atoms with van der Waals surface area (Å²) in [5.41, 5.74) is 2.27. The van der Waals surface area contributed by atoms with Crippen molar-refractivity contribution in [1.29, 1.82) is 0 Å². The molecular weight excluding hydrogens is 564 g/mol. The molecule has 10 nitrogen and oxygen atoms in total. The molecule has 0 bridgehead atoms. The Kier molecular flexibility index (Phi) is 10.5. The van der Waals surface area contributed by atoms with Crippen LogP contribution < -0.4 is 9.47 Å². The Morgan fingerprint density at radius 3 is 1.34 bits per heavy atom. The molecule has 4 aromatic rings. The topological polar surface area (TPSA) is 139 Å². The van der Waals surface area contributed by atoms with Gasteiger partial charge in [-0.05, 0) is 72.0 Å². The maximum Gasteiger partial charge on any atom is 0.343 e. The van der Waals surface area contributed by atoms with E-state index in [-0.39, 0.29) is 28.4 Å². The van der Waals surface area contributed by atoms with E-state index in [4.69, 9.17) is 9.47 Å². The zero-order chi connectivity index (χ0) is 31.6. The standard InChI is InChI=1S/C34H32N2O8/c1-3-5-6-23(4-2)32(24-11-19-30(20-12-24)43-33(37)26-7-15-28(16-8-26)35(39)40)25-13-21-31(22-14-25)44-34(38)27-9-17-29(18-10-27)36(41)42/h7-23,32H,3-6H2,1-2H3. The molecule has 0 N–H and O–H groups in total. The molecule has 0 aliphatic heterocycles. The lowest BCUT2D eigenvalue weighted by molar-refractivity contribution is -0.385. The molecular formula is C34H32N2O8. The van der Waals surface area contributed by atoms with Crippen LogP contribution in [0.15, 0.2) is 97.1 Å². The van der Waals surface area contributed by atoms with Gasteiger partial charge in [0.2, 0.25) is 0 Å². The minimum absolute atomic E-state index is 0.0328. The molecule has 0 spiro atoms. The molecule has 0 saturated carbocycles. The van der Waals surface area contributed by atoms with Gasteiger partial charge in [-0.2, -0.15) is 0 Å². The first-order chi connectivity index (χ1) is 21.2. The van der Waals surface area contributed by atoms with Crippen LogP contribution in [-0.2, 0) is 0 Å². The third kappa shape index (κ3) is 7.91. The Hall–Kier alpha value is -5.38. The monoisotopic (exact) mass is 596 g/mol. The molecule has 0 amide bonds. The van der Waals surface area contributed by atoms with Crippen molar-refractivity contribution < 1.29 is 28.9 Å². The second-order valence-electron chi connectivity index (χ2n) is 10.3. The van der Waals surface area contributed by atoms with Crippen LogP contribution >= 0.6 is 0 Å². The smallest absolute Gasteiger partial charge is 0.343 e. The zero-order valence-electron chi connectivity index (χ0n) is 24.4. The molecule has 0 heterocycles. The van der Waals surface area contributed by atoms with E-state index in [1.165, 1.54) is 48.5 Å². The van der Waals surface area contributed by atoms with Crippen LogP contribution in [0.4, 0.5) is 11.4 Å². The fourth-order valence-electron chi connectivity index (χ4n) is 5.07. The summed E-state index contributed by atoms with van der Waals surface area (Å²) >= 11 is 0. The van der Waals surface area contributed by atoms with Gasteiger partial charge in [0.05, 0.1) is 21.0 Å². The summed E-state index contributed by atoms with van der Waals surface area (Å²) in [4.78, 5) is 45.9. The molecule has 4 rings (SSSR count). The number of nitrogens with zero attached hydrogens (tertiary/aromatic N) is 2. The van der Waals surface area contributed by atoms with E-state index >= 15 is 0 Å². The predicted molar refractivity (Wildman–Crippen MR) is 164 cm³/mol. The maximum atomic E-state index is 12.6. The number of unbranched alkanes of at least 4 members (excludes halogenated alkanes) is 1. The summed E-state index contributed by atoms with van der Waals surface area (Å²) in [6, 6.07) is 25.1. The first kappa shape index (κ1) is 31.6. The van der Waals surface area contributed by atoms with E-state index in [1.807, 2.05) is 24.3 Å². The van der Waals surface area contributed by atoms with Gasteiger partial charge in [0.15, 0.2) is 0 Å². The number of non-ortho nitro benzene ring substituents is 2. The van der Waals surface area contributed by atoms with E-state index in [9.17, 15) is 29.8 Å². The highest BCUT2D eigenvalue weighted by atomic mass is 16.6. The Morgan fingerprint density at radius 2 is 1.02 bits per heavy atom. The van der Waals surface area contributed by atoms with Crippen molar-refractivity contribution in [3.8, 4) is 11.5 Å². The lowest BCUT2D eigenvalue weighted by Crippen LogP contribution is -2.15. The molecule has 4 aromatic carbocycles. The second kappa shape index (κ2) is 14.7. The summed E-state index contributed by atoms with van der Waals surface area (Å²) in [7, 11) is 0. The van der Waals surface area contributed by atoms with E-state index in [1.54, 1.807) is 24.3 Å². The molecule has 1 atom stereocenters. The lowest BCUT2D eigenvalue weighted by atomic mass is 9.77. The van der Waals surface area contributed by atoms with E-state index in [0.717, 1.165) is 36.8 Å². The number of hydrogen-bond acceptors (Lipinski definition) is 8. The number of nitro groups is 2. The normalized spacial score (nSPS) is 11.5. The lowest BCUT2D eigenvalue weighted by Gasteiger charge is -2.28. The van der Waals surface area contributed by atoms with Crippen LogP contribution in [0.25, 0.3) is 0 Å². The molecule has 0 aliphatic carbocycles. The van der Waals surface area contributed by atoms with Crippen LogP contribution in [0.3, 0.4) is 0 Å². The van der Waals surface area contributed by atoms with Crippen LogP contribution in [0.5, 0.6) is 11.5 Å². The van der Waals surface area contributed by atoms with Crippen LogP contribution in [-0.4, -0.2) is 21.8 Å².